The molecule has 25 heavy (non-hydrogen) atoms. The van der Waals surface area contributed by atoms with E-state index >= 15 is 0 Å². The van der Waals surface area contributed by atoms with Crippen LogP contribution in [0.4, 0.5) is 0 Å². The van der Waals surface area contributed by atoms with Gasteiger partial charge in [0.05, 0.1) is 0 Å². The van der Waals surface area contributed by atoms with Crippen LogP contribution in [0.3, 0.4) is 0 Å². The summed E-state index contributed by atoms with van der Waals surface area (Å²) in [7, 11) is 2.24. The van der Waals surface area contributed by atoms with Gasteiger partial charge in [0.2, 0.25) is 0 Å². The van der Waals surface area contributed by atoms with E-state index in [1.165, 1.54) is 63.2 Å². The van der Waals surface area contributed by atoms with Gasteiger partial charge >= 0.3 is 0 Å². The number of hydrogen-bond acceptors (Lipinski definition) is 3. The lowest BCUT2D eigenvalue weighted by atomic mass is 9.73. The fourth-order valence-electron chi connectivity index (χ4n) is 5.30. The summed E-state index contributed by atoms with van der Waals surface area (Å²) in [4.78, 5) is 7.76. The molecule has 0 N–H and O–H groups in total. The van der Waals surface area contributed by atoms with Crippen LogP contribution in [0.5, 0.6) is 0 Å². The SMILES string of the molecule is Cc1cc(C)c(CN2CC3(CN(C)C3)C2)cc1CN1CCC(C)CC1. The molecule has 0 radical (unpaired) electrons. The molecule has 3 nitrogen and oxygen atoms in total. The van der Waals surface area contributed by atoms with E-state index in [1.807, 2.05) is 0 Å². The molecule has 1 aromatic carbocycles. The average molecular weight is 342 g/mol. The first-order valence-electron chi connectivity index (χ1n) is 10.1. The maximum Gasteiger partial charge on any atom is 0.0237 e. The maximum atomic E-state index is 2.66. The average Bonchev–Trinajstić information content (AvgIpc) is 2.50. The monoisotopic (exact) mass is 341 g/mol. The molecule has 3 heterocycles. The number of rotatable bonds is 4. The first kappa shape index (κ1) is 17.5. The number of likely N-dealkylation sites (tertiary alicyclic amines) is 3. The molecule has 0 saturated carbocycles. The fraction of sp³-hybridized carbons (Fsp3) is 0.727. The van der Waals surface area contributed by atoms with Crippen molar-refractivity contribution in [2.75, 3.05) is 46.3 Å². The molecule has 1 aromatic rings. The van der Waals surface area contributed by atoms with Crippen molar-refractivity contribution in [3.05, 3.63) is 34.4 Å². The Morgan fingerprint density at radius 1 is 0.880 bits per heavy atom. The molecule has 0 unspecified atom stereocenters. The highest BCUT2D eigenvalue weighted by atomic mass is 15.3. The van der Waals surface area contributed by atoms with Crippen LogP contribution in [0.25, 0.3) is 0 Å². The molecule has 3 saturated heterocycles. The standard InChI is InChI=1S/C22H35N3/c1-17-5-7-24(8-6-17)11-20-10-21(19(3)9-18(20)2)12-25-15-22(16-25)13-23(4)14-22/h9-10,17H,5-8,11-16H2,1-4H3. The molecule has 3 fully saturated rings. The van der Waals surface area contributed by atoms with Crippen molar-refractivity contribution in [2.24, 2.45) is 11.3 Å². The lowest BCUT2D eigenvalue weighted by Crippen LogP contribution is -2.70. The summed E-state index contributed by atoms with van der Waals surface area (Å²) in [5.41, 5.74) is 6.68. The van der Waals surface area contributed by atoms with Crippen LogP contribution in [-0.4, -0.2) is 61.0 Å². The molecule has 1 spiro atoms. The lowest BCUT2D eigenvalue weighted by Gasteiger charge is -2.59. The highest BCUT2D eigenvalue weighted by Crippen LogP contribution is 2.39. The van der Waals surface area contributed by atoms with Gasteiger partial charge in [-0.15, -0.1) is 0 Å². The maximum absolute atomic E-state index is 2.66. The van der Waals surface area contributed by atoms with Crippen LogP contribution in [0.2, 0.25) is 0 Å². The second-order valence-electron chi connectivity index (χ2n) is 9.48. The molecule has 0 amide bonds. The first-order chi connectivity index (χ1) is 11.9. The summed E-state index contributed by atoms with van der Waals surface area (Å²) in [5, 5.41) is 0. The topological polar surface area (TPSA) is 9.72 Å². The highest BCUT2D eigenvalue weighted by molar-refractivity contribution is 5.37. The van der Waals surface area contributed by atoms with Crippen molar-refractivity contribution in [2.45, 2.75) is 46.7 Å². The number of benzene rings is 1. The largest absolute Gasteiger partial charge is 0.305 e. The van der Waals surface area contributed by atoms with Gasteiger partial charge in [-0.3, -0.25) is 9.80 Å². The fourth-order valence-corrected chi connectivity index (χ4v) is 5.30. The normalized spacial score (nSPS) is 25.1. The Balaban J connectivity index is 1.39. The molecule has 3 aliphatic rings. The van der Waals surface area contributed by atoms with Crippen molar-refractivity contribution in [1.82, 2.24) is 14.7 Å². The Hall–Kier alpha value is -0.900. The minimum Gasteiger partial charge on any atom is -0.305 e. The summed E-state index contributed by atoms with van der Waals surface area (Å²) in [6.45, 7) is 17.0. The third kappa shape index (κ3) is 3.65. The van der Waals surface area contributed by atoms with Gasteiger partial charge in [0.1, 0.15) is 0 Å². The van der Waals surface area contributed by atoms with E-state index in [4.69, 9.17) is 0 Å². The molecule has 138 valence electrons. The summed E-state index contributed by atoms with van der Waals surface area (Å²) >= 11 is 0. The quantitative estimate of drug-likeness (QED) is 0.832. The number of nitrogens with zero attached hydrogens (tertiary/aromatic N) is 3. The third-order valence-electron chi connectivity index (χ3n) is 6.79. The Morgan fingerprint density at radius 2 is 1.44 bits per heavy atom. The summed E-state index contributed by atoms with van der Waals surface area (Å²) in [6, 6.07) is 4.94. The second-order valence-corrected chi connectivity index (χ2v) is 9.48. The van der Waals surface area contributed by atoms with Crippen molar-refractivity contribution in [3.63, 3.8) is 0 Å². The van der Waals surface area contributed by atoms with Gasteiger partial charge in [0.25, 0.3) is 0 Å². The van der Waals surface area contributed by atoms with E-state index in [1.54, 1.807) is 11.1 Å². The molecule has 0 aromatic heterocycles. The van der Waals surface area contributed by atoms with Gasteiger partial charge in [0, 0.05) is 44.7 Å². The van der Waals surface area contributed by atoms with Crippen LogP contribution in [0.1, 0.15) is 42.0 Å². The summed E-state index contributed by atoms with van der Waals surface area (Å²) in [6.07, 6.45) is 2.73. The zero-order valence-electron chi connectivity index (χ0n) is 16.6. The van der Waals surface area contributed by atoms with E-state index in [9.17, 15) is 0 Å². The molecule has 0 aliphatic carbocycles. The van der Waals surface area contributed by atoms with E-state index in [-0.39, 0.29) is 0 Å². The Bertz CT molecular complexity index is 616. The van der Waals surface area contributed by atoms with Gasteiger partial charge in [-0.25, -0.2) is 0 Å². The van der Waals surface area contributed by atoms with Gasteiger partial charge in [0.15, 0.2) is 0 Å². The third-order valence-corrected chi connectivity index (χ3v) is 6.79. The van der Waals surface area contributed by atoms with Crippen molar-refractivity contribution in [3.8, 4) is 0 Å². The predicted molar refractivity (Wildman–Crippen MR) is 105 cm³/mol. The van der Waals surface area contributed by atoms with Gasteiger partial charge in [-0.05, 0) is 75.0 Å². The molecule has 0 bridgehead atoms. The molecule has 0 atom stereocenters. The van der Waals surface area contributed by atoms with Crippen LogP contribution in [0.15, 0.2) is 12.1 Å². The van der Waals surface area contributed by atoms with Crippen LogP contribution >= 0.6 is 0 Å². The Labute approximate surface area is 154 Å². The van der Waals surface area contributed by atoms with Crippen molar-refractivity contribution < 1.29 is 0 Å². The Kier molecular flexibility index (Phi) is 4.68. The zero-order chi connectivity index (χ0) is 17.6. The van der Waals surface area contributed by atoms with E-state index < -0.39 is 0 Å². The van der Waals surface area contributed by atoms with Gasteiger partial charge in [-0.2, -0.15) is 0 Å². The number of aryl methyl sites for hydroxylation is 2. The zero-order valence-corrected chi connectivity index (χ0v) is 16.6. The number of piperidine rings is 1. The minimum atomic E-state index is 0.640. The molecule has 3 aliphatic heterocycles. The summed E-state index contributed by atoms with van der Waals surface area (Å²) < 4.78 is 0. The van der Waals surface area contributed by atoms with Crippen LogP contribution in [-0.2, 0) is 13.1 Å². The van der Waals surface area contributed by atoms with E-state index in [0.717, 1.165) is 19.0 Å². The first-order valence-corrected chi connectivity index (χ1v) is 10.1. The highest BCUT2D eigenvalue weighted by Gasteiger charge is 2.49. The van der Waals surface area contributed by atoms with Crippen LogP contribution in [0, 0.1) is 25.2 Å². The number of hydrogen-bond donors (Lipinski definition) is 0. The van der Waals surface area contributed by atoms with Crippen LogP contribution < -0.4 is 0 Å². The van der Waals surface area contributed by atoms with E-state index in [2.05, 4.69) is 54.7 Å². The minimum absolute atomic E-state index is 0.640. The molecular weight excluding hydrogens is 306 g/mol. The van der Waals surface area contributed by atoms with E-state index in [0.29, 0.717) is 5.41 Å². The predicted octanol–water partition coefficient (Wildman–Crippen LogP) is 3.28. The Morgan fingerprint density at radius 3 is 2.00 bits per heavy atom. The molecule has 3 heteroatoms. The van der Waals surface area contributed by atoms with Crippen molar-refractivity contribution in [1.29, 1.82) is 0 Å². The second kappa shape index (κ2) is 6.68. The molecule has 4 rings (SSSR count). The van der Waals surface area contributed by atoms with Crippen molar-refractivity contribution >= 4 is 0 Å². The van der Waals surface area contributed by atoms with Gasteiger partial charge in [-0.1, -0.05) is 19.1 Å². The smallest absolute Gasteiger partial charge is 0.0237 e. The molecular formula is C22H35N3. The van der Waals surface area contributed by atoms with Gasteiger partial charge < -0.3 is 4.90 Å². The lowest BCUT2D eigenvalue weighted by molar-refractivity contribution is -0.108. The summed E-state index contributed by atoms with van der Waals surface area (Å²) in [5.74, 6) is 0.912.